The average molecular weight is 372 g/mol. The maximum absolute atomic E-state index is 12.9. The molecule has 0 spiro atoms. The molecule has 2 nitrogen and oxygen atoms in total. The first kappa shape index (κ1) is 20.0. The zero-order chi connectivity index (χ0) is 17.3. The molecular weight excluding hydrogens is 349 g/mol. The Morgan fingerprint density at radius 2 is 1.50 bits per heavy atom. The van der Waals surface area contributed by atoms with Gasteiger partial charge in [-0.15, -0.1) is 12.4 Å². The molecule has 0 amide bonds. The zero-order valence-electron chi connectivity index (χ0n) is 14.5. The van der Waals surface area contributed by atoms with Gasteiger partial charge >= 0.3 is 0 Å². The van der Waals surface area contributed by atoms with E-state index < -0.39 is 0 Å². The van der Waals surface area contributed by atoms with Gasteiger partial charge in [-0.1, -0.05) is 54.6 Å². The van der Waals surface area contributed by atoms with Gasteiger partial charge in [0.15, 0.2) is 0 Å². The van der Waals surface area contributed by atoms with Crippen LogP contribution in [0.3, 0.4) is 0 Å². The Kier molecular flexibility index (Phi) is 8.13. The highest BCUT2D eigenvalue weighted by molar-refractivity contribution is 5.85. The number of hydrogen-bond acceptors (Lipinski definition) is 2. The van der Waals surface area contributed by atoms with E-state index in [1.165, 1.54) is 23.3 Å². The molecule has 0 aliphatic rings. The third-order valence-electron chi connectivity index (χ3n) is 3.98. The summed E-state index contributed by atoms with van der Waals surface area (Å²) in [5, 5.41) is 3.46. The second kappa shape index (κ2) is 10.6. The van der Waals surface area contributed by atoms with Crippen molar-refractivity contribution in [1.29, 1.82) is 0 Å². The normalized spacial score (nSPS) is 10.2. The van der Waals surface area contributed by atoms with Gasteiger partial charge in [-0.3, -0.25) is 0 Å². The molecule has 0 bridgehead atoms. The highest BCUT2D eigenvalue weighted by Crippen LogP contribution is 2.15. The van der Waals surface area contributed by atoms with Gasteiger partial charge in [-0.2, -0.15) is 0 Å². The highest BCUT2D eigenvalue weighted by atomic mass is 35.5. The molecule has 3 aromatic rings. The lowest BCUT2D eigenvalue weighted by molar-refractivity contribution is 0.305. The number of hydrogen-bond donors (Lipinski definition) is 1. The lowest BCUT2D eigenvalue weighted by Gasteiger charge is -2.09. The molecule has 0 aromatic heterocycles. The van der Waals surface area contributed by atoms with E-state index in [0.717, 1.165) is 30.8 Å². The fourth-order valence-corrected chi connectivity index (χ4v) is 2.60. The largest absolute Gasteiger partial charge is 0.489 e. The van der Waals surface area contributed by atoms with Crippen molar-refractivity contribution in [3.63, 3.8) is 0 Å². The molecule has 0 saturated heterocycles. The molecule has 26 heavy (non-hydrogen) atoms. The molecule has 0 saturated carbocycles. The van der Waals surface area contributed by atoms with Crippen LogP contribution in [0, 0.1) is 5.82 Å². The summed E-state index contributed by atoms with van der Waals surface area (Å²) in [4.78, 5) is 0. The van der Waals surface area contributed by atoms with Crippen LogP contribution in [0.1, 0.15) is 16.7 Å². The number of benzene rings is 3. The fraction of sp³-hybridized carbons (Fsp3) is 0.182. The monoisotopic (exact) mass is 371 g/mol. The minimum atomic E-state index is -0.229. The van der Waals surface area contributed by atoms with Gasteiger partial charge in [0, 0.05) is 6.54 Å². The van der Waals surface area contributed by atoms with Crippen molar-refractivity contribution in [2.75, 3.05) is 6.54 Å². The zero-order valence-corrected chi connectivity index (χ0v) is 15.3. The molecule has 0 aliphatic heterocycles. The lowest BCUT2D eigenvalue weighted by atomic mass is 10.1. The van der Waals surface area contributed by atoms with Gasteiger partial charge in [0.25, 0.3) is 0 Å². The summed E-state index contributed by atoms with van der Waals surface area (Å²) in [6.07, 6.45) is 1.02. The molecule has 0 heterocycles. The van der Waals surface area contributed by atoms with Gasteiger partial charge in [0.2, 0.25) is 0 Å². The second-order valence-electron chi connectivity index (χ2n) is 5.97. The summed E-state index contributed by atoms with van der Waals surface area (Å²) in [5.74, 6) is 0.596. The SMILES string of the molecule is Cl.Fc1ccc(COc2cccc(CNCCc3ccccc3)c2)cc1. The third kappa shape index (κ3) is 6.51. The number of ether oxygens (including phenoxy) is 1. The lowest BCUT2D eigenvalue weighted by Crippen LogP contribution is -2.16. The van der Waals surface area contributed by atoms with E-state index in [9.17, 15) is 4.39 Å². The summed E-state index contributed by atoms with van der Waals surface area (Å²) in [6.45, 7) is 2.18. The molecule has 0 aliphatic carbocycles. The van der Waals surface area contributed by atoms with Crippen LogP contribution in [0.2, 0.25) is 0 Å². The summed E-state index contributed by atoms with van der Waals surface area (Å²) in [6, 6.07) is 24.9. The highest BCUT2D eigenvalue weighted by Gasteiger charge is 2.00. The molecule has 0 unspecified atom stereocenters. The standard InChI is InChI=1S/C22H22FNO.ClH/c23-21-11-9-19(10-12-21)17-25-22-8-4-7-20(15-22)16-24-14-13-18-5-2-1-3-6-18;/h1-12,15,24H,13-14,16-17H2;1H. The van der Waals surface area contributed by atoms with E-state index in [1.807, 2.05) is 24.3 Å². The van der Waals surface area contributed by atoms with Crippen LogP contribution >= 0.6 is 12.4 Å². The van der Waals surface area contributed by atoms with Crippen molar-refractivity contribution in [3.8, 4) is 5.75 Å². The molecule has 3 aromatic carbocycles. The van der Waals surface area contributed by atoms with Crippen molar-refractivity contribution in [2.45, 2.75) is 19.6 Å². The Labute approximate surface area is 160 Å². The average Bonchev–Trinajstić information content (AvgIpc) is 2.66. The number of nitrogens with one attached hydrogen (secondary N) is 1. The van der Waals surface area contributed by atoms with Gasteiger partial charge in [-0.05, 0) is 53.9 Å². The maximum atomic E-state index is 12.9. The predicted octanol–water partition coefficient (Wildman–Crippen LogP) is 5.16. The summed E-state index contributed by atoms with van der Waals surface area (Å²) < 4.78 is 18.7. The van der Waals surface area contributed by atoms with Crippen LogP contribution in [0.5, 0.6) is 5.75 Å². The van der Waals surface area contributed by atoms with Crippen molar-refractivity contribution in [3.05, 3.63) is 101 Å². The smallest absolute Gasteiger partial charge is 0.123 e. The van der Waals surface area contributed by atoms with Crippen molar-refractivity contribution >= 4 is 12.4 Å². The van der Waals surface area contributed by atoms with E-state index in [-0.39, 0.29) is 18.2 Å². The molecule has 1 N–H and O–H groups in total. The second-order valence-corrected chi connectivity index (χ2v) is 5.97. The molecular formula is C22H23ClFNO. The summed E-state index contributed by atoms with van der Waals surface area (Å²) in [7, 11) is 0. The van der Waals surface area contributed by atoms with Crippen molar-refractivity contribution in [2.24, 2.45) is 0 Å². The van der Waals surface area contributed by atoms with Crippen LogP contribution in [0.25, 0.3) is 0 Å². The van der Waals surface area contributed by atoms with E-state index in [0.29, 0.717) is 6.61 Å². The molecule has 136 valence electrons. The van der Waals surface area contributed by atoms with Crippen molar-refractivity contribution in [1.82, 2.24) is 5.32 Å². The minimum absolute atomic E-state index is 0. The summed E-state index contributed by atoms with van der Waals surface area (Å²) in [5.41, 5.74) is 3.48. The molecule has 0 atom stereocenters. The predicted molar refractivity (Wildman–Crippen MR) is 106 cm³/mol. The van der Waals surface area contributed by atoms with Gasteiger partial charge in [-0.25, -0.2) is 4.39 Å². The number of rotatable bonds is 8. The first-order valence-corrected chi connectivity index (χ1v) is 8.50. The maximum Gasteiger partial charge on any atom is 0.123 e. The van der Waals surface area contributed by atoms with E-state index in [4.69, 9.17) is 4.74 Å². The first-order valence-electron chi connectivity index (χ1n) is 8.50. The van der Waals surface area contributed by atoms with E-state index in [2.05, 4.69) is 35.6 Å². The molecule has 3 rings (SSSR count). The molecule has 0 radical (unpaired) electrons. The van der Waals surface area contributed by atoms with Crippen LogP contribution < -0.4 is 10.1 Å². The van der Waals surface area contributed by atoms with Crippen LogP contribution in [0.4, 0.5) is 4.39 Å². The Balaban J connectivity index is 0.00000243. The third-order valence-corrected chi connectivity index (χ3v) is 3.98. The van der Waals surface area contributed by atoms with Crippen molar-refractivity contribution < 1.29 is 9.13 Å². The Morgan fingerprint density at radius 1 is 0.769 bits per heavy atom. The van der Waals surface area contributed by atoms with Crippen LogP contribution in [-0.2, 0) is 19.6 Å². The molecule has 4 heteroatoms. The quantitative estimate of drug-likeness (QED) is 0.552. The van der Waals surface area contributed by atoms with Gasteiger partial charge < -0.3 is 10.1 Å². The Bertz CT molecular complexity index is 778. The van der Waals surface area contributed by atoms with Crippen LogP contribution in [0.15, 0.2) is 78.9 Å². The van der Waals surface area contributed by atoms with Crippen LogP contribution in [-0.4, -0.2) is 6.54 Å². The number of halogens is 2. The Morgan fingerprint density at radius 3 is 2.27 bits per heavy atom. The van der Waals surface area contributed by atoms with Gasteiger partial charge in [0.1, 0.15) is 18.2 Å². The van der Waals surface area contributed by atoms with E-state index in [1.54, 1.807) is 12.1 Å². The Hall–Kier alpha value is -2.36. The van der Waals surface area contributed by atoms with Gasteiger partial charge in [0.05, 0.1) is 0 Å². The fourth-order valence-electron chi connectivity index (χ4n) is 2.60. The molecule has 0 fully saturated rings. The summed E-state index contributed by atoms with van der Waals surface area (Å²) >= 11 is 0. The van der Waals surface area contributed by atoms with E-state index >= 15 is 0 Å². The topological polar surface area (TPSA) is 21.3 Å². The first-order chi connectivity index (χ1) is 12.3. The minimum Gasteiger partial charge on any atom is -0.489 e.